The van der Waals surface area contributed by atoms with Crippen molar-refractivity contribution >= 4 is 23.1 Å². The quantitative estimate of drug-likeness (QED) is 0.273. The maximum Gasteiger partial charge on any atom is 0.374 e. The summed E-state index contributed by atoms with van der Waals surface area (Å²) in [5.41, 5.74) is 5.42. The van der Waals surface area contributed by atoms with Crippen LogP contribution in [0.4, 0.5) is 11.4 Å². The summed E-state index contributed by atoms with van der Waals surface area (Å²) in [6.45, 7) is 1.63. The molecule has 1 rings (SSSR count). The van der Waals surface area contributed by atoms with Crippen molar-refractivity contribution in [2.45, 2.75) is 13.3 Å². The Kier molecular flexibility index (Phi) is 4.36. The van der Waals surface area contributed by atoms with Gasteiger partial charge in [0.05, 0.1) is 23.5 Å². The van der Waals surface area contributed by atoms with Crippen LogP contribution in [-0.4, -0.2) is 23.3 Å². The molecule has 0 unspecified atom stereocenters. The third-order valence-electron chi connectivity index (χ3n) is 2.22. The van der Waals surface area contributed by atoms with Gasteiger partial charge in [-0.05, 0) is 13.0 Å². The van der Waals surface area contributed by atoms with E-state index < -0.39 is 23.1 Å². The van der Waals surface area contributed by atoms with E-state index in [1.165, 1.54) is 18.2 Å². The fourth-order valence-electron chi connectivity index (χ4n) is 1.40. The van der Waals surface area contributed by atoms with Crippen molar-refractivity contribution in [3.8, 4) is 0 Å². The van der Waals surface area contributed by atoms with Crippen molar-refractivity contribution in [3.05, 3.63) is 33.9 Å². The summed E-state index contributed by atoms with van der Waals surface area (Å²) in [7, 11) is 0. The van der Waals surface area contributed by atoms with Crippen LogP contribution in [-0.2, 0) is 20.7 Å². The Labute approximate surface area is 103 Å². The summed E-state index contributed by atoms with van der Waals surface area (Å²) in [5.74, 6) is -1.88. The van der Waals surface area contributed by atoms with Crippen LogP contribution in [0.15, 0.2) is 18.2 Å². The molecule has 0 aliphatic rings. The Balaban J connectivity index is 3.00. The van der Waals surface area contributed by atoms with Crippen LogP contribution >= 0.6 is 0 Å². The van der Waals surface area contributed by atoms with Crippen molar-refractivity contribution in [2.24, 2.45) is 0 Å². The van der Waals surface area contributed by atoms with Gasteiger partial charge in [-0.1, -0.05) is 6.07 Å². The predicted octanol–water partition coefficient (Wildman–Crippen LogP) is 0.852. The lowest BCUT2D eigenvalue weighted by molar-refractivity contribution is -0.385. The topological polar surface area (TPSA) is 113 Å². The predicted molar refractivity (Wildman–Crippen MR) is 62.9 cm³/mol. The van der Waals surface area contributed by atoms with Crippen molar-refractivity contribution < 1.29 is 19.2 Å². The number of nitrogens with two attached hydrogens (primary N) is 1. The van der Waals surface area contributed by atoms with Crippen molar-refractivity contribution in [1.82, 2.24) is 0 Å². The van der Waals surface area contributed by atoms with E-state index in [0.29, 0.717) is 0 Å². The van der Waals surface area contributed by atoms with Crippen LogP contribution < -0.4 is 5.73 Å². The Bertz CT molecular complexity index is 498. The SMILES string of the molecule is CCOC(=O)C(=O)Cc1c(N)cccc1[N+](=O)[O-]. The molecular formula is C11H12N2O5. The normalized spacial score (nSPS) is 9.83. The molecule has 18 heavy (non-hydrogen) atoms. The number of carbonyl (C=O) groups is 2. The Morgan fingerprint density at radius 2 is 2.11 bits per heavy atom. The minimum atomic E-state index is -1.02. The number of anilines is 1. The second-order valence-corrected chi connectivity index (χ2v) is 3.42. The second-order valence-electron chi connectivity index (χ2n) is 3.42. The lowest BCUT2D eigenvalue weighted by atomic mass is 10.0. The highest BCUT2D eigenvalue weighted by atomic mass is 16.6. The van der Waals surface area contributed by atoms with Crippen LogP contribution in [0.5, 0.6) is 0 Å². The molecule has 7 heteroatoms. The molecule has 0 fully saturated rings. The van der Waals surface area contributed by atoms with Gasteiger partial charge in [0.1, 0.15) is 0 Å². The number of ketones is 1. The zero-order chi connectivity index (χ0) is 13.7. The first-order valence-corrected chi connectivity index (χ1v) is 5.19. The molecule has 0 atom stereocenters. The molecule has 0 aromatic heterocycles. The molecule has 0 bridgehead atoms. The number of Topliss-reactive ketones (excluding diaryl/α,β-unsaturated/α-hetero) is 1. The summed E-state index contributed by atoms with van der Waals surface area (Å²) in [4.78, 5) is 32.8. The number of benzene rings is 1. The molecule has 0 aliphatic carbocycles. The number of hydrogen-bond acceptors (Lipinski definition) is 6. The molecule has 0 saturated heterocycles. The number of rotatable bonds is 5. The van der Waals surface area contributed by atoms with Crippen LogP contribution in [0.25, 0.3) is 0 Å². The van der Waals surface area contributed by atoms with Gasteiger partial charge >= 0.3 is 5.97 Å². The summed E-state index contributed by atoms with van der Waals surface area (Å²) < 4.78 is 4.52. The molecule has 1 aromatic rings. The molecule has 96 valence electrons. The van der Waals surface area contributed by atoms with E-state index in [1.807, 2.05) is 0 Å². The van der Waals surface area contributed by atoms with E-state index in [9.17, 15) is 19.7 Å². The molecule has 0 heterocycles. The van der Waals surface area contributed by atoms with E-state index in [4.69, 9.17) is 5.73 Å². The number of nitro benzene ring substituents is 1. The van der Waals surface area contributed by atoms with Gasteiger partial charge in [0.2, 0.25) is 5.78 Å². The largest absolute Gasteiger partial charge is 0.460 e. The van der Waals surface area contributed by atoms with Crippen molar-refractivity contribution in [1.29, 1.82) is 0 Å². The minimum absolute atomic E-state index is 0.0283. The van der Waals surface area contributed by atoms with Gasteiger partial charge in [0, 0.05) is 11.8 Å². The van der Waals surface area contributed by atoms with E-state index in [2.05, 4.69) is 4.74 Å². The molecule has 0 aliphatic heterocycles. The number of nitro groups is 1. The van der Waals surface area contributed by atoms with Gasteiger partial charge in [0.15, 0.2) is 0 Å². The molecule has 0 amide bonds. The van der Waals surface area contributed by atoms with E-state index in [0.717, 1.165) is 0 Å². The molecule has 7 nitrogen and oxygen atoms in total. The van der Waals surface area contributed by atoms with Gasteiger partial charge in [-0.15, -0.1) is 0 Å². The minimum Gasteiger partial charge on any atom is -0.460 e. The summed E-state index contributed by atoms with van der Waals surface area (Å²) in [6, 6.07) is 4.07. The average Bonchev–Trinajstić information content (AvgIpc) is 2.31. The number of ether oxygens (including phenoxy) is 1. The first-order valence-electron chi connectivity index (χ1n) is 5.19. The van der Waals surface area contributed by atoms with E-state index >= 15 is 0 Å². The molecule has 0 radical (unpaired) electrons. The zero-order valence-corrected chi connectivity index (χ0v) is 9.71. The molecule has 0 saturated carbocycles. The number of hydrogen-bond donors (Lipinski definition) is 1. The van der Waals surface area contributed by atoms with Crippen LogP contribution in [0, 0.1) is 10.1 Å². The smallest absolute Gasteiger partial charge is 0.374 e. The first kappa shape index (κ1) is 13.6. The molecule has 2 N–H and O–H groups in total. The van der Waals surface area contributed by atoms with Gasteiger partial charge in [0.25, 0.3) is 5.69 Å². The summed E-state index contributed by atoms with van der Waals surface area (Å²) in [5, 5.41) is 10.8. The van der Waals surface area contributed by atoms with Crippen LogP contribution in [0.2, 0.25) is 0 Å². The molecular weight excluding hydrogens is 240 g/mol. The van der Waals surface area contributed by atoms with Gasteiger partial charge in [-0.3, -0.25) is 14.9 Å². The number of nitrogens with zero attached hydrogens (tertiary/aromatic N) is 1. The highest BCUT2D eigenvalue weighted by molar-refractivity contribution is 6.34. The number of nitrogen functional groups attached to an aromatic ring is 1. The highest BCUT2D eigenvalue weighted by Crippen LogP contribution is 2.24. The molecule has 1 aromatic carbocycles. The summed E-state index contributed by atoms with van der Waals surface area (Å²) >= 11 is 0. The van der Waals surface area contributed by atoms with Crippen LogP contribution in [0.1, 0.15) is 12.5 Å². The molecule has 0 spiro atoms. The number of esters is 1. The Morgan fingerprint density at radius 1 is 1.44 bits per heavy atom. The lowest BCUT2D eigenvalue weighted by Gasteiger charge is -2.05. The van der Waals surface area contributed by atoms with Crippen LogP contribution in [0.3, 0.4) is 0 Å². The lowest BCUT2D eigenvalue weighted by Crippen LogP contribution is -2.20. The van der Waals surface area contributed by atoms with Crippen molar-refractivity contribution in [3.63, 3.8) is 0 Å². The third-order valence-corrected chi connectivity index (χ3v) is 2.22. The fourth-order valence-corrected chi connectivity index (χ4v) is 1.40. The maximum absolute atomic E-state index is 11.5. The fraction of sp³-hybridized carbons (Fsp3) is 0.273. The maximum atomic E-state index is 11.5. The Morgan fingerprint density at radius 3 is 2.67 bits per heavy atom. The third kappa shape index (κ3) is 3.03. The summed E-state index contributed by atoms with van der Waals surface area (Å²) in [6.07, 6.45) is -0.443. The van der Waals surface area contributed by atoms with Gasteiger partial charge in [-0.25, -0.2) is 4.79 Å². The van der Waals surface area contributed by atoms with E-state index in [-0.39, 0.29) is 23.5 Å². The van der Waals surface area contributed by atoms with Gasteiger partial charge < -0.3 is 10.5 Å². The first-order chi connectivity index (χ1) is 8.47. The average molecular weight is 252 g/mol. The highest BCUT2D eigenvalue weighted by Gasteiger charge is 2.23. The number of carbonyl (C=O) groups excluding carboxylic acids is 2. The Hall–Kier alpha value is -2.44. The van der Waals surface area contributed by atoms with E-state index in [1.54, 1.807) is 6.92 Å². The van der Waals surface area contributed by atoms with Crippen molar-refractivity contribution in [2.75, 3.05) is 12.3 Å². The van der Waals surface area contributed by atoms with Gasteiger partial charge in [-0.2, -0.15) is 0 Å². The zero-order valence-electron chi connectivity index (χ0n) is 9.71. The second kappa shape index (κ2) is 5.76. The monoisotopic (exact) mass is 252 g/mol. The standard InChI is InChI=1S/C11H12N2O5/c1-2-18-11(15)10(14)6-7-8(12)4-3-5-9(7)13(16)17/h3-5H,2,6,12H2,1H3.